The molecule has 19 heavy (non-hydrogen) atoms. The molecule has 0 unspecified atom stereocenters. The Bertz CT molecular complexity index is 414. The van der Waals surface area contributed by atoms with Gasteiger partial charge in [0, 0.05) is 0 Å². The van der Waals surface area contributed by atoms with E-state index in [9.17, 15) is 0 Å². The average molecular weight is 626 g/mol. The molecule has 9 heteroatoms. The quantitative estimate of drug-likeness (QED) is 0.383. The van der Waals surface area contributed by atoms with E-state index in [1.54, 1.807) is 3.32 Å². The molecule has 1 aromatic carbocycles. The van der Waals surface area contributed by atoms with Gasteiger partial charge >= 0.3 is 149 Å². The van der Waals surface area contributed by atoms with Crippen molar-refractivity contribution in [1.29, 1.82) is 0 Å². The van der Waals surface area contributed by atoms with Gasteiger partial charge in [-0.2, -0.15) is 0 Å². The first-order valence-electron chi connectivity index (χ1n) is 4.86. The van der Waals surface area contributed by atoms with E-state index >= 15 is 0 Å². The second kappa shape index (κ2) is 7.99. The molecule has 0 saturated carbocycles. The number of halogens is 6. The van der Waals surface area contributed by atoms with Crippen molar-refractivity contribution < 1.29 is 0 Å². The second-order valence-electron chi connectivity index (χ2n) is 3.40. The molecule has 0 heterocycles. The van der Waals surface area contributed by atoms with Crippen molar-refractivity contribution in [2.75, 3.05) is 0 Å². The summed E-state index contributed by atoms with van der Waals surface area (Å²) < 4.78 is 1.76. The van der Waals surface area contributed by atoms with E-state index in [1.165, 1.54) is 12.0 Å². The molecular formula is C10H13Cl6SbSe2. The summed E-state index contributed by atoms with van der Waals surface area (Å²) in [7, 11) is 25.0. The number of benzene rings is 1. The van der Waals surface area contributed by atoms with Gasteiger partial charge in [0.25, 0.3) is 0 Å². The van der Waals surface area contributed by atoms with Gasteiger partial charge in [-0.15, -0.1) is 0 Å². The molecule has 0 radical (unpaired) electrons. The monoisotopic (exact) mass is 624 g/mol. The third kappa shape index (κ3) is 20.7. The molecule has 112 valence electrons. The molecular weight excluding hydrogens is 613 g/mol. The minimum absolute atomic E-state index is 0.741. The van der Waals surface area contributed by atoms with Gasteiger partial charge in [-0.1, -0.05) is 0 Å². The third-order valence-corrected chi connectivity index (χ3v) is 7.80. The van der Waals surface area contributed by atoms with E-state index in [0.717, 1.165) is 29.5 Å². The molecule has 1 rings (SSSR count). The summed E-state index contributed by atoms with van der Waals surface area (Å²) in [6, 6.07) is 10.8. The van der Waals surface area contributed by atoms with Gasteiger partial charge < -0.3 is 0 Å². The first kappa shape index (κ1) is 21.7. The van der Waals surface area contributed by atoms with Crippen LogP contribution in [-0.2, 0) is 6.42 Å². The summed E-state index contributed by atoms with van der Waals surface area (Å²) in [5.74, 6) is 4.63. The summed E-state index contributed by atoms with van der Waals surface area (Å²) in [6.07, 6.45) is 1.22. The predicted molar refractivity (Wildman–Crippen MR) is 99.3 cm³/mol. The molecule has 0 spiro atoms. The Morgan fingerprint density at radius 2 is 1.47 bits per heavy atom. The zero-order chi connectivity index (χ0) is 15.2. The number of hydrogen-bond donors (Lipinski definition) is 0. The summed E-state index contributed by atoms with van der Waals surface area (Å²) in [5, 5.41) is 0. The van der Waals surface area contributed by atoms with Crippen LogP contribution in [0, 0.1) is 0 Å². The Kier molecular flexibility index (Phi) is 9.11. The van der Waals surface area contributed by atoms with Crippen LogP contribution in [0.3, 0.4) is 0 Å². The van der Waals surface area contributed by atoms with Crippen LogP contribution in [0.15, 0.2) is 30.3 Å². The Balaban J connectivity index is 0.000000399. The Hall–Kier alpha value is 2.69. The van der Waals surface area contributed by atoms with Crippen LogP contribution in [0.4, 0.5) is 0 Å². The molecule has 0 bridgehead atoms. The first-order valence-corrected chi connectivity index (χ1v) is 29.4. The minimum atomic E-state index is -5.42. The van der Waals surface area contributed by atoms with E-state index in [-0.39, 0.29) is 0 Å². The van der Waals surface area contributed by atoms with Gasteiger partial charge in [0.15, 0.2) is 0 Å². The van der Waals surface area contributed by atoms with Crippen LogP contribution in [0.1, 0.15) is 5.56 Å². The SMILES string of the molecule is C[Se]C(Cc1ccccc1)=[Se+]C.[Cl][Sb-]([Cl])([Cl])([Cl])([Cl])[Cl]. The summed E-state index contributed by atoms with van der Waals surface area (Å²) in [6.45, 7) is 0. The summed E-state index contributed by atoms with van der Waals surface area (Å²) in [4.78, 5) is 0. The molecule has 0 amide bonds. The fourth-order valence-electron chi connectivity index (χ4n) is 0.990. The second-order valence-corrected chi connectivity index (χ2v) is 65.4. The molecule has 1 aromatic rings. The molecule has 0 aliphatic heterocycles. The molecule has 0 aliphatic carbocycles. The van der Waals surface area contributed by atoms with E-state index in [1.807, 2.05) is 0 Å². The van der Waals surface area contributed by atoms with Crippen LogP contribution < -0.4 is 0 Å². The van der Waals surface area contributed by atoms with Crippen molar-refractivity contribution in [2.45, 2.75) is 18.1 Å². The topological polar surface area (TPSA) is 0 Å². The van der Waals surface area contributed by atoms with Crippen LogP contribution >= 0.6 is 53.0 Å². The van der Waals surface area contributed by atoms with Gasteiger partial charge in [0.05, 0.1) is 0 Å². The average Bonchev–Trinajstić information content (AvgIpc) is 2.23. The van der Waals surface area contributed by atoms with Crippen LogP contribution in [0.5, 0.6) is 0 Å². The Labute approximate surface area is 146 Å². The van der Waals surface area contributed by atoms with Crippen LogP contribution in [0.2, 0.25) is 11.6 Å². The van der Waals surface area contributed by atoms with E-state index in [4.69, 9.17) is 53.0 Å². The zero-order valence-corrected chi connectivity index (χ0v) is 20.6. The van der Waals surface area contributed by atoms with Crippen molar-refractivity contribution in [1.82, 2.24) is 0 Å². The maximum atomic E-state index is 5.06. The number of rotatable bonds is 3. The molecule has 0 N–H and O–H groups in total. The van der Waals surface area contributed by atoms with Gasteiger partial charge in [-0.3, -0.25) is 0 Å². The van der Waals surface area contributed by atoms with Crippen molar-refractivity contribution in [3.63, 3.8) is 0 Å². The first-order chi connectivity index (χ1) is 8.31. The third-order valence-electron chi connectivity index (χ3n) is 1.65. The molecule has 0 saturated heterocycles. The van der Waals surface area contributed by atoms with Crippen molar-refractivity contribution in [3.05, 3.63) is 35.9 Å². The zero-order valence-electron chi connectivity index (χ0n) is 10.1. The van der Waals surface area contributed by atoms with Gasteiger partial charge in [0.1, 0.15) is 0 Å². The van der Waals surface area contributed by atoms with Crippen molar-refractivity contribution >= 4 is 94.9 Å². The summed E-state index contributed by atoms with van der Waals surface area (Å²) >= 11 is 1.48. The Morgan fingerprint density at radius 1 is 1.05 bits per heavy atom. The fourth-order valence-corrected chi connectivity index (χ4v) is 4.46. The van der Waals surface area contributed by atoms with Crippen LogP contribution in [-0.4, -0.2) is 41.9 Å². The Morgan fingerprint density at radius 3 is 1.79 bits per heavy atom. The molecule has 0 nitrogen and oxygen atoms in total. The summed E-state index contributed by atoms with van der Waals surface area (Å²) in [5.41, 5.74) is 1.47. The molecule has 0 aromatic heterocycles. The van der Waals surface area contributed by atoms with Gasteiger partial charge in [0.2, 0.25) is 0 Å². The predicted octanol–water partition coefficient (Wildman–Crippen LogP) is 5.62. The van der Waals surface area contributed by atoms with Crippen molar-refractivity contribution in [3.8, 4) is 0 Å². The normalized spacial score (nSPS) is 15.9. The van der Waals surface area contributed by atoms with Crippen LogP contribution in [0.25, 0.3) is 0 Å². The number of hydrogen-bond acceptors (Lipinski definition) is 0. The molecule has 0 aliphatic rings. The maximum absolute atomic E-state index is 5.42. The standard InChI is InChI=1S/C10H13Se2.6ClH.Sb/c1-11-10(12-2)8-9-6-4-3-5-7-9;;;;;;;/h3-7H,8H2,1-2H3;6*1H;/q+1;;;;;;;+5/p-6. The van der Waals surface area contributed by atoms with E-state index in [0.29, 0.717) is 0 Å². The molecule has 0 atom stereocenters. The van der Waals surface area contributed by atoms with Crippen molar-refractivity contribution in [2.24, 2.45) is 0 Å². The van der Waals surface area contributed by atoms with E-state index < -0.39 is 9.14 Å². The van der Waals surface area contributed by atoms with Gasteiger partial charge in [-0.05, 0) is 0 Å². The fraction of sp³-hybridized carbons (Fsp3) is 0.300. The van der Waals surface area contributed by atoms with Gasteiger partial charge in [-0.25, -0.2) is 0 Å². The van der Waals surface area contributed by atoms with E-state index in [2.05, 4.69) is 42.0 Å². The molecule has 0 fully saturated rings.